The Morgan fingerprint density at radius 1 is 1.21 bits per heavy atom. The lowest BCUT2D eigenvalue weighted by Crippen LogP contribution is -2.11. The Labute approximate surface area is 161 Å². The van der Waals surface area contributed by atoms with Crippen LogP contribution < -0.4 is 5.56 Å². The minimum absolute atomic E-state index is 0.0489. The summed E-state index contributed by atoms with van der Waals surface area (Å²) in [5.74, 6) is 0.0601. The average Bonchev–Trinajstić information content (AvgIpc) is 3.43. The predicted molar refractivity (Wildman–Crippen MR) is 105 cm³/mol. The van der Waals surface area contributed by atoms with Crippen molar-refractivity contribution < 1.29 is 9.63 Å². The zero-order chi connectivity index (χ0) is 19.3. The van der Waals surface area contributed by atoms with Crippen LogP contribution in [0, 0.1) is 6.92 Å². The fraction of sp³-hybridized carbons (Fsp3) is 0.0526. The number of nitrogens with one attached hydrogen (secondary N) is 1. The highest BCUT2D eigenvalue weighted by Gasteiger charge is 2.22. The van der Waals surface area contributed by atoms with Gasteiger partial charge < -0.3 is 14.6 Å². The molecule has 0 bridgehead atoms. The second-order valence-electron chi connectivity index (χ2n) is 6.23. The number of aromatic hydroxyl groups is 1. The van der Waals surface area contributed by atoms with Gasteiger partial charge in [0.25, 0.3) is 11.4 Å². The van der Waals surface area contributed by atoms with Crippen molar-refractivity contribution in [2.45, 2.75) is 6.92 Å². The standard InChI is InChI=1S/C19H13N5O3S/c1-10-4-6-11(7-5-10)24-17-12(9-20-24)15(25)14(18(26)22-17)19-21-16(23-27-19)13-3-2-8-28-13/h2-9H,1H3,(H2,22,25,26). The van der Waals surface area contributed by atoms with Gasteiger partial charge in [-0.25, -0.2) is 4.68 Å². The van der Waals surface area contributed by atoms with E-state index >= 15 is 0 Å². The number of aryl methyl sites for hydroxylation is 1. The van der Waals surface area contributed by atoms with Crippen LogP contribution >= 0.6 is 11.3 Å². The number of pyridine rings is 1. The fourth-order valence-electron chi connectivity index (χ4n) is 2.97. The second-order valence-corrected chi connectivity index (χ2v) is 7.18. The Morgan fingerprint density at radius 2 is 2.04 bits per heavy atom. The molecule has 0 spiro atoms. The number of aromatic nitrogens is 5. The van der Waals surface area contributed by atoms with Crippen LogP contribution in [0.3, 0.4) is 0 Å². The molecule has 0 radical (unpaired) electrons. The Hall–Kier alpha value is -3.72. The lowest BCUT2D eigenvalue weighted by Gasteiger charge is -2.05. The molecule has 0 atom stereocenters. The third kappa shape index (κ3) is 2.52. The topological polar surface area (TPSA) is 110 Å². The van der Waals surface area contributed by atoms with Crippen LogP contribution in [0.15, 0.2) is 57.3 Å². The maximum Gasteiger partial charge on any atom is 0.267 e. The number of hydrogen-bond donors (Lipinski definition) is 2. The first-order chi connectivity index (χ1) is 13.6. The maximum absolute atomic E-state index is 12.7. The third-order valence-corrected chi connectivity index (χ3v) is 5.25. The molecule has 4 aromatic heterocycles. The molecule has 0 aliphatic carbocycles. The van der Waals surface area contributed by atoms with E-state index in [1.54, 1.807) is 4.68 Å². The quantitative estimate of drug-likeness (QED) is 0.487. The van der Waals surface area contributed by atoms with Crippen LogP contribution in [0.4, 0.5) is 0 Å². The normalized spacial score (nSPS) is 11.3. The number of thiophene rings is 1. The van der Waals surface area contributed by atoms with E-state index in [9.17, 15) is 9.90 Å². The number of hydrogen-bond acceptors (Lipinski definition) is 7. The summed E-state index contributed by atoms with van der Waals surface area (Å²) in [6, 6.07) is 11.4. The van der Waals surface area contributed by atoms with Crippen molar-refractivity contribution >= 4 is 22.4 Å². The molecular formula is C19H13N5O3S. The van der Waals surface area contributed by atoms with Crippen LogP contribution in [0.1, 0.15) is 5.56 Å². The lowest BCUT2D eigenvalue weighted by atomic mass is 10.2. The summed E-state index contributed by atoms with van der Waals surface area (Å²) in [5, 5.41) is 21.2. The summed E-state index contributed by atoms with van der Waals surface area (Å²) in [4.78, 5) is 20.5. The van der Waals surface area contributed by atoms with Crippen LogP contribution in [0.5, 0.6) is 5.75 Å². The number of H-pyrrole nitrogens is 1. The van der Waals surface area contributed by atoms with Gasteiger partial charge in [0.05, 0.1) is 22.1 Å². The smallest absolute Gasteiger partial charge is 0.267 e. The number of benzene rings is 1. The molecule has 138 valence electrons. The maximum atomic E-state index is 12.7. The average molecular weight is 391 g/mol. The van der Waals surface area contributed by atoms with E-state index < -0.39 is 5.56 Å². The Morgan fingerprint density at radius 3 is 2.79 bits per heavy atom. The van der Waals surface area contributed by atoms with Gasteiger partial charge in [-0.05, 0) is 30.5 Å². The van der Waals surface area contributed by atoms with Gasteiger partial charge in [-0.3, -0.25) is 4.79 Å². The lowest BCUT2D eigenvalue weighted by molar-refractivity contribution is 0.426. The van der Waals surface area contributed by atoms with Gasteiger partial charge in [0, 0.05) is 0 Å². The number of aromatic amines is 1. The highest BCUT2D eigenvalue weighted by molar-refractivity contribution is 7.13. The van der Waals surface area contributed by atoms with E-state index in [-0.39, 0.29) is 17.2 Å². The van der Waals surface area contributed by atoms with E-state index in [4.69, 9.17) is 4.52 Å². The van der Waals surface area contributed by atoms with Crippen molar-refractivity contribution in [3.8, 4) is 33.6 Å². The minimum atomic E-state index is -0.541. The molecule has 5 rings (SSSR count). The third-order valence-electron chi connectivity index (χ3n) is 4.38. The van der Waals surface area contributed by atoms with Crippen LogP contribution in [0.2, 0.25) is 0 Å². The monoisotopic (exact) mass is 391 g/mol. The molecule has 0 saturated carbocycles. The Balaban J connectivity index is 1.66. The van der Waals surface area contributed by atoms with Gasteiger partial charge in [0.15, 0.2) is 0 Å². The molecule has 0 aliphatic heterocycles. The highest BCUT2D eigenvalue weighted by atomic mass is 32.1. The van der Waals surface area contributed by atoms with E-state index in [1.165, 1.54) is 17.5 Å². The number of nitrogens with zero attached hydrogens (tertiary/aromatic N) is 4. The van der Waals surface area contributed by atoms with Crippen molar-refractivity contribution in [1.29, 1.82) is 0 Å². The molecule has 2 N–H and O–H groups in total. The molecule has 0 unspecified atom stereocenters. The first kappa shape index (κ1) is 16.5. The Bertz CT molecular complexity index is 1350. The van der Waals surface area contributed by atoms with Crippen molar-refractivity contribution in [2.24, 2.45) is 0 Å². The molecule has 8 nitrogen and oxygen atoms in total. The molecule has 9 heteroatoms. The van der Waals surface area contributed by atoms with Crippen molar-refractivity contribution in [1.82, 2.24) is 24.9 Å². The largest absolute Gasteiger partial charge is 0.506 e. The van der Waals surface area contributed by atoms with Gasteiger partial charge in [-0.15, -0.1) is 11.3 Å². The molecule has 0 saturated heterocycles. The first-order valence-electron chi connectivity index (χ1n) is 8.40. The van der Waals surface area contributed by atoms with Crippen LogP contribution in [-0.2, 0) is 0 Å². The van der Waals surface area contributed by atoms with Crippen LogP contribution in [-0.4, -0.2) is 30.0 Å². The predicted octanol–water partition coefficient (Wildman–Crippen LogP) is 3.51. The zero-order valence-electron chi connectivity index (χ0n) is 14.6. The van der Waals surface area contributed by atoms with E-state index in [0.29, 0.717) is 16.9 Å². The van der Waals surface area contributed by atoms with Crippen LogP contribution in [0.25, 0.3) is 38.9 Å². The molecule has 0 amide bonds. The number of fused-ring (bicyclic) bond motifs is 1. The molecule has 5 aromatic rings. The molecule has 0 fully saturated rings. The summed E-state index contributed by atoms with van der Waals surface area (Å²) >= 11 is 1.45. The van der Waals surface area contributed by atoms with E-state index in [1.807, 2.05) is 48.7 Å². The molecule has 0 aliphatic rings. The van der Waals surface area contributed by atoms with Gasteiger partial charge in [0.2, 0.25) is 5.82 Å². The summed E-state index contributed by atoms with van der Waals surface area (Å²) in [5.41, 5.74) is 1.64. The van der Waals surface area contributed by atoms with Gasteiger partial charge in [-0.2, -0.15) is 10.1 Å². The SMILES string of the molecule is Cc1ccc(-n2ncc3c(O)c(-c4nc(-c5cccs5)no4)c(=O)[nH]c32)cc1. The molecular weight excluding hydrogens is 378 g/mol. The Kier molecular flexibility index (Phi) is 3.63. The first-order valence-corrected chi connectivity index (χ1v) is 9.28. The van der Waals surface area contributed by atoms with E-state index in [2.05, 4.69) is 20.2 Å². The zero-order valence-corrected chi connectivity index (χ0v) is 15.4. The molecule has 1 aromatic carbocycles. The van der Waals surface area contributed by atoms with E-state index in [0.717, 1.165) is 16.1 Å². The molecule has 28 heavy (non-hydrogen) atoms. The van der Waals surface area contributed by atoms with Gasteiger partial charge >= 0.3 is 0 Å². The number of rotatable bonds is 3. The summed E-state index contributed by atoms with van der Waals surface area (Å²) in [7, 11) is 0. The highest BCUT2D eigenvalue weighted by Crippen LogP contribution is 2.33. The van der Waals surface area contributed by atoms with Crippen molar-refractivity contribution in [3.05, 3.63) is 63.9 Å². The minimum Gasteiger partial charge on any atom is -0.506 e. The van der Waals surface area contributed by atoms with Crippen molar-refractivity contribution in [2.75, 3.05) is 0 Å². The van der Waals surface area contributed by atoms with Gasteiger partial charge in [0.1, 0.15) is 17.0 Å². The summed E-state index contributed by atoms with van der Waals surface area (Å²) < 4.78 is 6.79. The fourth-order valence-corrected chi connectivity index (χ4v) is 3.61. The second kappa shape index (κ2) is 6.17. The van der Waals surface area contributed by atoms with Crippen molar-refractivity contribution in [3.63, 3.8) is 0 Å². The summed E-state index contributed by atoms with van der Waals surface area (Å²) in [6.45, 7) is 1.99. The van der Waals surface area contributed by atoms with Gasteiger partial charge in [-0.1, -0.05) is 28.9 Å². The summed E-state index contributed by atoms with van der Waals surface area (Å²) in [6.07, 6.45) is 1.49. The molecule has 4 heterocycles.